The van der Waals surface area contributed by atoms with Crippen LogP contribution in [-0.4, -0.2) is 34.2 Å². The quantitative estimate of drug-likeness (QED) is 0.918. The normalized spacial score (nSPS) is 18.6. The lowest BCUT2D eigenvalue weighted by Gasteiger charge is -2.15. The Morgan fingerprint density at radius 3 is 2.91 bits per heavy atom. The molecular formula is C16H25N5O. The maximum Gasteiger partial charge on any atom is 0.138 e. The summed E-state index contributed by atoms with van der Waals surface area (Å²) >= 11 is 0. The fourth-order valence-corrected chi connectivity index (χ4v) is 3.05. The summed E-state index contributed by atoms with van der Waals surface area (Å²) in [5.41, 5.74) is 3.23. The molecule has 1 N–H and O–H groups in total. The van der Waals surface area contributed by atoms with Crippen LogP contribution in [0.3, 0.4) is 0 Å². The molecule has 1 aliphatic rings. The molecule has 0 bridgehead atoms. The number of nitrogens with zero attached hydrogens (tertiary/aromatic N) is 4. The van der Waals surface area contributed by atoms with E-state index in [-0.39, 0.29) is 0 Å². The molecule has 120 valence electrons. The molecule has 1 unspecified atom stereocenters. The number of aromatic nitrogens is 3. The largest absolute Gasteiger partial charge is 0.361 e. The summed E-state index contributed by atoms with van der Waals surface area (Å²) in [7, 11) is 0. The second-order valence-corrected chi connectivity index (χ2v) is 6.61. The highest BCUT2D eigenvalue weighted by atomic mass is 16.5. The van der Waals surface area contributed by atoms with Crippen molar-refractivity contribution >= 4 is 5.69 Å². The third-order valence-electron chi connectivity index (χ3n) is 4.25. The van der Waals surface area contributed by atoms with E-state index in [0.717, 1.165) is 36.1 Å². The van der Waals surface area contributed by atoms with E-state index in [2.05, 4.69) is 40.5 Å². The van der Waals surface area contributed by atoms with Gasteiger partial charge in [0.1, 0.15) is 5.76 Å². The fourth-order valence-electron chi connectivity index (χ4n) is 3.05. The van der Waals surface area contributed by atoms with Crippen molar-refractivity contribution in [3.05, 3.63) is 29.4 Å². The highest BCUT2D eigenvalue weighted by Crippen LogP contribution is 2.20. The van der Waals surface area contributed by atoms with E-state index >= 15 is 0 Å². The Labute approximate surface area is 131 Å². The van der Waals surface area contributed by atoms with Crippen LogP contribution >= 0.6 is 0 Å². The zero-order valence-electron chi connectivity index (χ0n) is 13.8. The Hall–Kier alpha value is -1.82. The van der Waals surface area contributed by atoms with Gasteiger partial charge in [-0.1, -0.05) is 19.0 Å². The van der Waals surface area contributed by atoms with Gasteiger partial charge in [-0.3, -0.25) is 10.00 Å². The zero-order chi connectivity index (χ0) is 15.7. The third-order valence-corrected chi connectivity index (χ3v) is 4.25. The van der Waals surface area contributed by atoms with Crippen molar-refractivity contribution < 1.29 is 4.52 Å². The summed E-state index contributed by atoms with van der Waals surface area (Å²) < 4.78 is 7.17. The monoisotopic (exact) mass is 303 g/mol. The average Bonchev–Trinajstić information content (AvgIpc) is 3.15. The van der Waals surface area contributed by atoms with E-state index in [9.17, 15) is 0 Å². The van der Waals surface area contributed by atoms with Gasteiger partial charge in [-0.15, -0.1) is 0 Å². The topological polar surface area (TPSA) is 59.1 Å². The summed E-state index contributed by atoms with van der Waals surface area (Å²) in [5, 5.41) is 12.1. The van der Waals surface area contributed by atoms with Crippen molar-refractivity contribution in [3.8, 4) is 0 Å². The predicted molar refractivity (Wildman–Crippen MR) is 85.9 cm³/mol. The third kappa shape index (κ3) is 3.16. The lowest BCUT2D eigenvalue weighted by molar-refractivity contribution is 0.391. The van der Waals surface area contributed by atoms with Crippen LogP contribution in [0.1, 0.15) is 37.3 Å². The molecule has 22 heavy (non-hydrogen) atoms. The van der Waals surface area contributed by atoms with Crippen LogP contribution in [0.15, 0.2) is 16.9 Å². The highest BCUT2D eigenvalue weighted by Gasteiger charge is 2.23. The SMILES string of the molecule is Cc1noc(C)c1Cn1cc(N2CNC(CC(C)C)C2)cn1. The summed E-state index contributed by atoms with van der Waals surface area (Å²) in [4.78, 5) is 2.35. The van der Waals surface area contributed by atoms with Crippen LogP contribution in [0.25, 0.3) is 0 Å². The molecule has 0 spiro atoms. The number of nitrogens with one attached hydrogen (secondary N) is 1. The molecule has 3 heterocycles. The van der Waals surface area contributed by atoms with Gasteiger partial charge in [-0.25, -0.2) is 0 Å². The minimum absolute atomic E-state index is 0.575. The number of anilines is 1. The standard InChI is InChI=1S/C16H25N5O/c1-11(2)5-14-7-20(10-17-14)15-6-18-21(8-15)9-16-12(3)19-22-13(16)4/h6,8,11,14,17H,5,7,9-10H2,1-4H3. The minimum atomic E-state index is 0.575. The van der Waals surface area contributed by atoms with Gasteiger partial charge in [0.25, 0.3) is 0 Å². The maximum atomic E-state index is 5.21. The first-order valence-electron chi connectivity index (χ1n) is 7.95. The Balaban J connectivity index is 1.65. The van der Waals surface area contributed by atoms with E-state index in [1.807, 2.05) is 24.7 Å². The molecule has 1 aliphatic heterocycles. The molecule has 0 aliphatic carbocycles. The van der Waals surface area contributed by atoms with Crippen molar-refractivity contribution in [2.45, 2.75) is 46.7 Å². The number of hydrogen-bond donors (Lipinski definition) is 1. The van der Waals surface area contributed by atoms with Gasteiger partial charge < -0.3 is 9.42 Å². The van der Waals surface area contributed by atoms with Crippen LogP contribution in [0, 0.1) is 19.8 Å². The average molecular weight is 303 g/mol. The van der Waals surface area contributed by atoms with Crippen molar-refractivity contribution in [2.75, 3.05) is 18.1 Å². The van der Waals surface area contributed by atoms with Gasteiger partial charge in [0.2, 0.25) is 0 Å². The van der Waals surface area contributed by atoms with Crippen LogP contribution < -0.4 is 10.2 Å². The van der Waals surface area contributed by atoms with Gasteiger partial charge in [-0.05, 0) is 26.2 Å². The zero-order valence-corrected chi connectivity index (χ0v) is 13.8. The van der Waals surface area contributed by atoms with Gasteiger partial charge >= 0.3 is 0 Å². The van der Waals surface area contributed by atoms with Gasteiger partial charge in [0.15, 0.2) is 0 Å². The Morgan fingerprint density at radius 1 is 1.41 bits per heavy atom. The van der Waals surface area contributed by atoms with Crippen molar-refractivity contribution in [1.82, 2.24) is 20.3 Å². The van der Waals surface area contributed by atoms with Crippen molar-refractivity contribution in [1.29, 1.82) is 0 Å². The number of rotatable bonds is 5. The summed E-state index contributed by atoms with van der Waals surface area (Å²) in [6.45, 7) is 11.1. The van der Waals surface area contributed by atoms with Gasteiger partial charge in [-0.2, -0.15) is 5.10 Å². The van der Waals surface area contributed by atoms with Crippen LogP contribution in [0.4, 0.5) is 5.69 Å². The molecule has 2 aromatic rings. The van der Waals surface area contributed by atoms with Crippen molar-refractivity contribution in [2.24, 2.45) is 5.92 Å². The second-order valence-electron chi connectivity index (χ2n) is 6.61. The highest BCUT2D eigenvalue weighted by molar-refractivity contribution is 5.43. The van der Waals surface area contributed by atoms with E-state index < -0.39 is 0 Å². The van der Waals surface area contributed by atoms with Gasteiger partial charge in [0.05, 0.1) is 30.8 Å². The lowest BCUT2D eigenvalue weighted by Crippen LogP contribution is -2.25. The van der Waals surface area contributed by atoms with Crippen LogP contribution in [-0.2, 0) is 6.54 Å². The molecular weight excluding hydrogens is 278 g/mol. The molecule has 1 atom stereocenters. The summed E-state index contributed by atoms with van der Waals surface area (Å²) in [6.07, 6.45) is 5.26. The van der Waals surface area contributed by atoms with Crippen LogP contribution in [0.2, 0.25) is 0 Å². The first-order valence-corrected chi connectivity index (χ1v) is 7.95. The molecule has 0 aromatic carbocycles. The van der Waals surface area contributed by atoms with E-state index in [0.29, 0.717) is 12.6 Å². The van der Waals surface area contributed by atoms with E-state index in [1.54, 1.807) is 0 Å². The molecule has 0 saturated carbocycles. The smallest absolute Gasteiger partial charge is 0.138 e. The Bertz CT molecular complexity index is 611. The minimum Gasteiger partial charge on any atom is -0.361 e. The van der Waals surface area contributed by atoms with Gasteiger partial charge in [0, 0.05) is 24.3 Å². The molecule has 6 nitrogen and oxygen atoms in total. The summed E-state index contributed by atoms with van der Waals surface area (Å²) in [5.74, 6) is 1.59. The van der Waals surface area contributed by atoms with Crippen LogP contribution in [0.5, 0.6) is 0 Å². The number of aryl methyl sites for hydroxylation is 2. The maximum absolute atomic E-state index is 5.21. The molecule has 2 aromatic heterocycles. The Kier molecular flexibility index (Phi) is 4.20. The number of hydrogen-bond acceptors (Lipinski definition) is 5. The second kappa shape index (κ2) is 6.12. The molecule has 0 amide bonds. The molecule has 3 rings (SSSR count). The first kappa shape index (κ1) is 15.1. The molecule has 6 heteroatoms. The predicted octanol–water partition coefficient (Wildman–Crippen LogP) is 2.32. The van der Waals surface area contributed by atoms with E-state index in [1.165, 1.54) is 12.1 Å². The lowest BCUT2D eigenvalue weighted by atomic mass is 10.0. The van der Waals surface area contributed by atoms with E-state index in [4.69, 9.17) is 4.52 Å². The first-order chi connectivity index (χ1) is 10.5. The fraction of sp³-hybridized carbons (Fsp3) is 0.625. The molecule has 1 fully saturated rings. The molecule has 1 saturated heterocycles. The van der Waals surface area contributed by atoms with Crippen molar-refractivity contribution in [3.63, 3.8) is 0 Å². The Morgan fingerprint density at radius 2 is 2.23 bits per heavy atom. The molecule has 0 radical (unpaired) electrons. The summed E-state index contributed by atoms with van der Waals surface area (Å²) in [6, 6.07) is 0.575.